The molecule has 40 heavy (non-hydrogen) atoms. The molecule has 1 aromatic heterocycles. The number of hydrogen-bond acceptors (Lipinski definition) is 6. The number of rotatable bonds is 6. The summed E-state index contributed by atoms with van der Waals surface area (Å²) in [6, 6.07) is 16.0. The molecule has 3 aromatic rings. The Morgan fingerprint density at radius 2 is 1.65 bits per heavy atom. The molecule has 10 heteroatoms. The van der Waals surface area contributed by atoms with Crippen molar-refractivity contribution in [3.05, 3.63) is 72.6 Å². The molecule has 1 aliphatic heterocycles. The molecule has 2 fully saturated rings. The molecule has 3 atom stereocenters. The van der Waals surface area contributed by atoms with Crippen molar-refractivity contribution in [2.75, 3.05) is 5.01 Å². The van der Waals surface area contributed by atoms with Gasteiger partial charge in [0.25, 0.3) is 10.0 Å². The van der Waals surface area contributed by atoms with E-state index in [9.17, 15) is 13.2 Å². The fraction of sp³-hybridized carbons (Fsp3) is 0.433. The second-order valence-corrected chi connectivity index (χ2v) is 12.9. The molecule has 3 aliphatic rings. The predicted octanol–water partition coefficient (Wildman–Crippen LogP) is 5.55. The summed E-state index contributed by atoms with van der Waals surface area (Å²) in [5.41, 5.74) is 4.06. The van der Waals surface area contributed by atoms with E-state index >= 15 is 0 Å². The van der Waals surface area contributed by atoms with Gasteiger partial charge < -0.3 is 5.32 Å². The minimum absolute atomic E-state index is 0.0229. The Balaban J connectivity index is 1.24. The summed E-state index contributed by atoms with van der Waals surface area (Å²) in [6.45, 7) is 2.23. The standard InChI is InChI=1S/C30H36N6O3S/c1-21-9-8-14-27-28(21)33-36(29(27)22-19-31-35(20-22)24-12-6-3-7-13-24)25-15-17-26(18-16-25)40(38,39)34-30(37)32-23-10-4-2-5-11-23/h3,6-7,12-13,15-21,23,27,29H,2,4-5,8-11,14H2,1H3,(H2,32,34,37). The van der Waals surface area contributed by atoms with E-state index in [0.29, 0.717) is 5.92 Å². The number of sulfonamides is 1. The molecule has 2 N–H and O–H groups in total. The topological polar surface area (TPSA) is 109 Å². The zero-order chi connectivity index (χ0) is 27.7. The molecule has 0 radical (unpaired) electrons. The summed E-state index contributed by atoms with van der Waals surface area (Å²) in [7, 11) is -4.00. The number of hydrazone groups is 1. The molecule has 2 aromatic carbocycles. The molecule has 0 spiro atoms. The zero-order valence-corrected chi connectivity index (χ0v) is 23.6. The Labute approximate surface area is 235 Å². The van der Waals surface area contributed by atoms with E-state index in [1.165, 1.54) is 5.71 Å². The Hall–Kier alpha value is -3.66. The monoisotopic (exact) mass is 560 g/mol. The minimum Gasteiger partial charge on any atom is -0.335 e. The highest BCUT2D eigenvalue weighted by molar-refractivity contribution is 7.90. The first kappa shape index (κ1) is 26.6. The molecule has 0 saturated heterocycles. The summed E-state index contributed by atoms with van der Waals surface area (Å²) in [6.07, 6.45) is 12.3. The van der Waals surface area contributed by atoms with Crippen LogP contribution in [0.25, 0.3) is 5.69 Å². The van der Waals surface area contributed by atoms with E-state index in [4.69, 9.17) is 5.10 Å². The molecular formula is C30H36N6O3S. The number of carbonyl (C=O) groups is 1. The summed E-state index contributed by atoms with van der Waals surface area (Å²) < 4.78 is 30.0. The first-order valence-electron chi connectivity index (χ1n) is 14.3. The van der Waals surface area contributed by atoms with E-state index in [0.717, 1.165) is 68.3 Å². The lowest BCUT2D eigenvalue weighted by Crippen LogP contribution is -2.45. The van der Waals surface area contributed by atoms with Gasteiger partial charge in [-0.1, -0.05) is 50.8 Å². The Morgan fingerprint density at radius 3 is 2.40 bits per heavy atom. The highest BCUT2D eigenvalue weighted by atomic mass is 32.2. The number of nitrogens with one attached hydrogen (secondary N) is 2. The van der Waals surface area contributed by atoms with E-state index in [1.807, 2.05) is 46.2 Å². The molecule has 2 saturated carbocycles. The molecular weight excluding hydrogens is 524 g/mol. The lowest BCUT2D eigenvalue weighted by atomic mass is 9.76. The number of carbonyl (C=O) groups excluding carboxylic acids is 1. The quantitative estimate of drug-likeness (QED) is 0.411. The number of aromatic nitrogens is 2. The third-order valence-electron chi connectivity index (χ3n) is 8.45. The van der Waals surface area contributed by atoms with Crippen LogP contribution >= 0.6 is 0 Å². The molecule has 2 heterocycles. The van der Waals surface area contributed by atoms with Crippen LogP contribution < -0.4 is 15.0 Å². The number of amides is 2. The third-order valence-corrected chi connectivity index (χ3v) is 9.80. The Morgan fingerprint density at radius 1 is 0.900 bits per heavy atom. The maximum atomic E-state index is 13.0. The van der Waals surface area contributed by atoms with Gasteiger partial charge >= 0.3 is 6.03 Å². The van der Waals surface area contributed by atoms with Crippen LogP contribution in [-0.4, -0.2) is 36.0 Å². The van der Waals surface area contributed by atoms with Gasteiger partial charge in [0.15, 0.2) is 0 Å². The van der Waals surface area contributed by atoms with Crippen LogP contribution in [0.5, 0.6) is 0 Å². The average molecular weight is 561 g/mol. The third kappa shape index (κ3) is 5.37. The van der Waals surface area contributed by atoms with Crippen LogP contribution in [0.15, 0.2) is 77.0 Å². The lowest BCUT2D eigenvalue weighted by molar-refractivity contribution is 0.237. The van der Waals surface area contributed by atoms with E-state index in [-0.39, 0.29) is 22.9 Å². The van der Waals surface area contributed by atoms with Gasteiger partial charge in [0, 0.05) is 29.4 Å². The fourth-order valence-corrected chi connectivity index (χ4v) is 7.29. The van der Waals surface area contributed by atoms with Gasteiger partial charge in [0.1, 0.15) is 0 Å². The first-order chi connectivity index (χ1) is 19.4. The van der Waals surface area contributed by atoms with Gasteiger partial charge in [0.2, 0.25) is 0 Å². The molecule has 6 rings (SSSR count). The number of para-hydroxylation sites is 1. The van der Waals surface area contributed by atoms with E-state index in [2.05, 4.69) is 28.3 Å². The number of fused-ring (bicyclic) bond motifs is 1. The first-order valence-corrected chi connectivity index (χ1v) is 15.8. The van der Waals surface area contributed by atoms with Crippen molar-refractivity contribution in [2.24, 2.45) is 16.9 Å². The summed E-state index contributed by atoms with van der Waals surface area (Å²) >= 11 is 0. The van der Waals surface area contributed by atoms with Crippen LogP contribution in [0, 0.1) is 11.8 Å². The molecule has 3 unspecified atom stereocenters. The Bertz CT molecular complexity index is 1480. The molecule has 210 valence electrons. The summed E-state index contributed by atoms with van der Waals surface area (Å²) in [4.78, 5) is 12.5. The maximum Gasteiger partial charge on any atom is 0.328 e. The van der Waals surface area contributed by atoms with Gasteiger partial charge in [-0.3, -0.25) is 5.01 Å². The van der Waals surface area contributed by atoms with Crippen molar-refractivity contribution in [1.29, 1.82) is 0 Å². The highest BCUT2D eigenvalue weighted by Crippen LogP contribution is 2.46. The number of benzene rings is 2. The smallest absolute Gasteiger partial charge is 0.328 e. The number of anilines is 1. The largest absolute Gasteiger partial charge is 0.335 e. The van der Waals surface area contributed by atoms with E-state index in [1.54, 1.807) is 24.3 Å². The number of hydrogen-bond donors (Lipinski definition) is 2. The number of urea groups is 1. The summed E-state index contributed by atoms with van der Waals surface area (Å²) in [5, 5.41) is 14.6. The van der Waals surface area contributed by atoms with Crippen LogP contribution in [0.1, 0.15) is 69.9 Å². The normalized spacial score (nSPS) is 23.4. The lowest BCUT2D eigenvalue weighted by Gasteiger charge is -2.30. The zero-order valence-electron chi connectivity index (χ0n) is 22.7. The molecule has 2 aliphatic carbocycles. The fourth-order valence-electron chi connectivity index (χ4n) is 6.38. The van der Waals surface area contributed by atoms with Crippen molar-refractivity contribution in [2.45, 2.75) is 75.3 Å². The van der Waals surface area contributed by atoms with Crippen molar-refractivity contribution < 1.29 is 13.2 Å². The minimum atomic E-state index is -4.00. The van der Waals surface area contributed by atoms with E-state index < -0.39 is 16.1 Å². The molecule has 0 bridgehead atoms. The second-order valence-electron chi connectivity index (χ2n) is 11.2. The van der Waals surface area contributed by atoms with Gasteiger partial charge in [-0.25, -0.2) is 22.6 Å². The van der Waals surface area contributed by atoms with Crippen molar-refractivity contribution in [3.8, 4) is 5.69 Å². The van der Waals surface area contributed by atoms with Gasteiger partial charge in [-0.2, -0.15) is 10.2 Å². The highest BCUT2D eigenvalue weighted by Gasteiger charge is 2.43. The van der Waals surface area contributed by atoms with Crippen molar-refractivity contribution in [1.82, 2.24) is 19.8 Å². The number of nitrogens with zero attached hydrogens (tertiary/aromatic N) is 4. The van der Waals surface area contributed by atoms with Crippen LogP contribution in [0.2, 0.25) is 0 Å². The van der Waals surface area contributed by atoms with Crippen molar-refractivity contribution >= 4 is 27.5 Å². The Kier molecular flexibility index (Phi) is 7.35. The molecule has 2 amide bonds. The van der Waals surface area contributed by atoms with Gasteiger partial charge in [0.05, 0.1) is 28.5 Å². The van der Waals surface area contributed by atoms with Gasteiger partial charge in [-0.05, 0) is 68.0 Å². The average Bonchev–Trinajstić information content (AvgIpc) is 3.60. The maximum absolute atomic E-state index is 13.0. The predicted molar refractivity (Wildman–Crippen MR) is 155 cm³/mol. The SMILES string of the molecule is CC1CCCC2C1=NN(c1ccc(S(=O)(=O)NC(=O)NC3CCCCC3)cc1)C2c1cnn(-c2ccccc2)c1. The van der Waals surface area contributed by atoms with Crippen LogP contribution in [-0.2, 0) is 10.0 Å². The second kappa shape index (κ2) is 11.1. The van der Waals surface area contributed by atoms with Gasteiger partial charge in [-0.15, -0.1) is 0 Å². The van der Waals surface area contributed by atoms with Crippen LogP contribution in [0.4, 0.5) is 10.5 Å². The molecule has 9 nitrogen and oxygen atoms in total. The van der Waals surface area contributed by atoms with Crippen LogP contribution in [0.3, 0.4) is 0 Å². The summed E-state index contributed by atoms with van der Waals surface area (Å²) in [5.74, 6) is 0.660. The van der Waals surface area contributed by atoms with Crippen molar-refractivity contribution in [3.63, 3.8) is 0 Å².